The second-order valence-electron chi connectivity index (χ2n) is 6.28. The van der Waals surface area contributed by atoms with Crippen molar-refractivity contribution >= 4 is 17.5 Å². The normalized spacial score (nSPS) is 15.8. The number of nitrogens with zero attached hydrogens (tertiary/aromatic N) is 6. The highest BCUT2D eigenvalue weighted by Crippen LogP contribution is 2.34. The molecule has 0 fully saturated rings. The first-order valence-electron chi connectivity index (χ1n) is 8.62. The fraction of sp³-hybridized carbons (Fsp3) is 0.222. The molecule has 1 N–H and O–H groups in total. The summed E-state index contributed by atoms with van der Waals surface area (Å²) in [5.41, 5.74) is 1.09. The monoisotopic (exact) mass is 400 g/mol. The van der Waals surface area contributed by atoms with Gasteiger partial charge in [0.05, 0.1) is 19.2 Å². The van der Waals surface area contributed by atoms with Crippen molar-refractivity contribution in [3.8, 4) is 0 Å². The number of allylic oxidation sites excluding steroid dienone is 1. The van der Waals surface area contributed by atoms with E-state index in [0.29, 0.717) is 11.4 Å². The SMILES string of the molecule is COC1=C(N(Cc2ccccc2)C(=O)O)N2CN(F)N=C2C(c2nc(C)no2)=C1. The van der Waals surface area contributed by atoms with Crippen LogP contribution in [-0.2, 0) is 11.3 Å². The molecule has 2 aliphatic rings. The van der Waals surface area contributed by atoms with Crippen LogP contribution in [-0.4, -0.2) is 56.0 Å². The maximum Gasteiger partial charge on any atom is 0.413 e. The van der Waals surface area contributed by atoms with Crippen molar-refractivity contribution in [3.05, 3.63) is 65.3 Å². The number of rotatable bonds is 5. The second-order valence-corrected chi connectivity index (χ2v) is 6.28. The first kappa shape index (κ1) is 18.5. The quantitative estimate of drug-likeness (QED) is 0.763. The Labute approximate surface area is 164 Å². The molecule has 0 saturated carbocycles. The van der Waals surface area contributed by atoms with Crippen LogP contribution < -0.4 is 0 Å². The second kappa shape index (κ2) is 7.26. The van der Waals surface area contributed by atoms with Crippen LogP contribution in [0.3, 0.4) is 0 Å². The zero-order valence-electron chi connectivity index (χ0n) is 15.6. The molecule has 0 bridgehead atoms. The lowest BCUT2D eigenvalue weighted by atomic mass is 10.1. The topological polar surface area (TPSA) is 108 Å². The number of amidine groups is 1. The molecule has 10 nitrogen and oxygen atoms in total. The van der Waals surface area contributed by atoms with Crippen LogP contribution in [0.2, 0.25) is 0 Å². The van der Waals surface area contributed by atoms with Gasteiger partial charge >= 0.3 is 6.09 Å². The summed E-state index contributed by atoms with van der Waals surface area (Å²) in [7, 11) is 1.40. The Kier molecular flexibility index (Phi) is 4.63. The number of aryl methyl sites for hydroxylation is 1. The van der Waals surface area contributed by atoms with Crippen molar-refractivity contribution < 1.29 is 23.6 Å². The molecule has 0 spiro atoms. The van der Waals surface area contributed by atoms with Crippen LogP contribution in [0.5, 0.6) is 0 Å². The Balaban J connectivity index is 1.83. The summed E-state index contributed by atoms with van der Waals surface area (Å²) in [6, 6.07) is 9.06. The Bertz CT molecular complexity index is 1030. The smallest absolute Gasteiger partial charge is 0.413 e. The Morgan fingerprint density at radius 2 is 2.14 bits per heavy atom. The van der Waals surface area contributed by atoms with Crippen LogP contribution >= 0.6 is 0 Å². The number of hydrogen-bond donors (Lipinski definition) is 1. The van der Waals surface area contributed by atoms with E-state index in [1.54, 1.807) is 19.1 Å². The lowest BCUT2D eigenvalue weighted by molar-refractivity contribution is 0.0133. The molecule has 0 atom stereocenters. The minimum absolute atomic E-state index is 0.0390. The predicted octanol–water partition coefficient (Wildman–Crippen LogP) is 2.54. The molecule has 2 aliphatic heterocycles. The third-order valence-corrected chi connectivity index (χ3v) is 4.36. The highest BCUT2D eigenvalue weighted by Gasteiger charge is 2.40. The molecule has 3 heterocycles. The molecule has 0 unspecified atom stereocenters. The molecule has 2 aromatic rings. The number of halogens is 1. The van der Waals surface area contributed by atoms with Gasteiger partial charge in [0.1, 0.15) is 6.67 Å². The minimum atomic E-state index is -1.22. The molecule has 1 aromatic carbocycles. The van der Waals surface area contributed by atoms with Crippen molar-refractivity contribution in [1.82, 2.24) is 25.2 Å². The van der Waals surface area contributed by atoms with E-state index in [1.807, 2.05) is 18.2 Å². The fourth-order valence-electron chi connectivity index (χ4n) is 3.12. The summed E-state index contributed by atoms with van der Waals surface area (Å²) in [6.07, 6.45) is 0.290. The summed E-state index contributed by atoms with van der Waals surface area (Å²) < 4.78 is 24.7. The predicted molar refractivity (Wildman–Crippen MR) is 98.1 cm³/mol. The molecular formula is C18H17FN6O4. The number of carboxylic acid groups (broad SMARTS) is 1. The van der Waals surface area contributed by atoms with E-state index >= 15 is 0 Å². The molecule has 4 rings (SSSR count). The van der Waals surface area contributed by atoms with Crippen molar-refractivity contribution in [1.29, 1.82) is 0 Å². The zero-order chi connectivity index (χ0) is 20.5. The number of hydrogen-bond acceptors (Lipinski definition) is 8. The molecule has 11 heteroatoms. The van der Waals surface area contributed by atoms with Crippen LogP contribution in [0, 0.1) is 6.92 Å². The Morgan fingerprint density at radius 3 is 2.76 bits per heavy atom. The highest BCUT2D eigenvalue weighted by atomic mass is 19.2. The summed E-state index contributed by atoms with van der Waals surface area (Å²) in [4.78, 5) is 18.7. The van der Waals surface area contributed by atoms with Gasteiger partial charge in [-0.05, 0) is 12.5 Å². The number of fused-ring (bicyclic) bond motifs is 1. The van der Waals surface area contributed by atoms with Gasteiger partial charge in [-0.25, -0.2) is 4.79 Å². The lowest BCUT2D eigenvalue weighted by Gasteiger charge is -2.33. The first-order valence-corrected chi connectivity index (χ1v) is 8.62. The van der Waals surface area contributed by atoms with Crippen LogP contribution in [0.4, 0.5) is 9.28 Å². The van der Waals surface area contributed by atoms with E-state index in [2.05, 4.69) is 15.2 Å². The molecule has 1 aromatic heterocycles. The van der Waals surface area contributed by atoms with Gasteiger partial charge < -0.3 is 14.4 Å². The van der Waals surface area contributed by atoms with E-state index < -0.39 is 6.09 Å². The highest BCUT2D eigenvalue weighted by molar-refractivity contribution is 6.23. The fourth-order valence-corrected chi connectivity index (χ4v) is 3.12. The van der Waals surface area contributed by atoms with Gasteiger partial charge in [0.2, 0.25) is 0 Å². The van der Waals surface area contributed by atoms with E-state index in [-0.39, 0.29) is 41.8 Å². The van der Waals surface area contributed by atoms with Gasteiger partial charge in [-0.15, -0.1) is 10.3 Å². The molecule has 0 radical (unpaired) electrons. The van der Waals surface area contributed by atoms with Gasteiger partial charge in [0, 0.05) is 6.08 Å². The molecule has 150 valence electrons. The van der Waals surface area contributed by atoms with Gasteiger partial charge in [-0.3, -0.25) is 9.80 Å². The molecule has 0 saturated heterocycles. The summed E-state index contributed by atoms with van der Waals surface area (Å²) in [5.74, 6) is 1.01. The molecule has 29 heavy (non-hydrogen) atoms. The minimum Gasteiger partial charge on any atom is -0.493 e. The van der Waals surface area contributed by atoms with Gasteiger partial charge in [-0.1, -0.05) is 40.0 Å². The number of aromatic nitrogens is 2. The maximum atomic E-state index is 14.1. The average Bonchev–Trinajstić information content (AvgIpc) is 3.31. The van der Waals surface area contributed by atoms with Gasteiger partial charge in [0.15, 0.2) is 23.2 Å². The van der Waals surface area contributed by atoms with Crippen LogP contribution in [0.25, 0.3) is 5.57 Å². The third kappa shape index (κ3) is 3.37. The number of ether oxygens (including phenoxy) is 1. The molecule has 0 aliphatic carbocycles. The number of hydrazone groups is 1. The third-order valence-electron chi connectivity index (χ3n) is 4.36. The van der Waals surface area contributed by atoms with Crippen molar-refractivity contribution in [2.24, 2.45) is 5.10 Å². The van der Waals surface area contributed by atoms with Crippen molar-refractivity contribution in [3.63, 3.8) is 0 Å². The maximum absolute atomic E-state index is 14.1. The summed E-state index contributed by atoms with van der Waals surface area (Å²) in [5, 5.41) is 17.7. The number of methoxy groups -OCH3 is 1. The summed E-state index contributed by atoms with van der Waals surface area (Å²) >= 11 is 0. The first-order chi connectivity index (χ1) is 14.0. The van der Waals surface area contributed by atoms with Crippen LogP contribution in [0.1, 0.15) is 17.3 Å². The Morgan fingerprint density at radius 1 is 1.38 bits per heavy atom. The van der Waals surface area contributed by atoms with Crippen LogP contribution in [0.15, 0.2) is 57.6 Å². The summed E-state index contributed by atoms with van der Waals surface area (Å²) in [6.45, 7) is 1.37. The standard InChI is InChI=1S/C18H17FN6O4/c1-11-20-16(29-22-11)13-8-14(28-2)17(24-10-25(19)21-15(13)24)23(18(26)27)9-12-6-4-3-5-7-12/h3-8H,9-10H2,1-2H3,(H,26,27). The van der Waals surface area contributed by atoms with E-state index in [9.17, 15) is 14.4 Å². The van der Waals surface area contributed by atoms with Gasteiger partial charge in [-0.2, -0.15) is 4.98 Å². The van der Waals surface area contributed by atoms with Gasteiger partial charge in [0.25, 0.3) is 5.89 Å². The lowest BCUT2D eigenvalue weighted by Crippen LogP contribution is -2.43. The Hall–Kier alpha value is -3.89. The molecule has 1 amide bonds. The zero-order valence-corrected chi connectivity index (χ0v) is 15.6. The number of benzene rings is 1. The van der Waals surface area contributed by atoms with Crippen molar-refractivity contribution in [2.45, 2.75) is 13.5 Å². The van der Waals surface area contributed by atoms with E-state index in [0.717, 1.165) is 10.5 Å². The number of amides is 1. The van der Waals surface area contributed by atoms with E-state index in [4.69, 9.17) is 9.26 Å². The average molecular weight is 400 g/mol. The van der Waals surface area contributed by atoms with Crippen molar-refractivity contribution in [2.75, 3.05) is 13.8 Å². The largest absolute Gasteiger partial charge is 0.493 e. The molecular weight excluding hydrogens is 383 g/mol. The van der Waals surface area contributed by atoms with E-state index in [1.165, 1.54) is 18.1 Å². The number of carbonyl (C=O) groups is 1.